The summed E-state index contributed by atoms with van der Waals surface area (Å²) in [5, 5.41) is 2.71. The van der Waals surface area contributed by atoms with Crippen molar-refractivity contribution in [2.45, 2.75) is 17.7 Å². The zero-order valence-electron chi connectivity index (χ0n) is 13.4. The molecule has 2 rings (SSSR count). The number of carbonyl (C=O) groups excluding carboxylic acids is 1. The average molecular weight is 340 g/mol. The van der Waals surface area contributed by atoms with E-state index >= 15 is 0 Å². The molecular weight excluding hydrogens is 316 g/mol. The second-order valence-electron chi connectivity index (χ2n) is 5.68. The number of rotatable bonds is 6. The highest BCUT2D eigenvalue weighted by Gasteiger charge is 2.27. The third kappa shape index (κ3) is 4.74. The number of nitrogens with two attached hydrogens (primary N) is 1. The van der Waals surface area contributed by atoms with E-state index in [2.05, 4.69) is 10.2 Å². The molecule has 23 heavy (non-hydrogen) atoms. The average Bonchev–Trinajstić information content (AvgIpc) is 2.53. The van der Waals surface area contributed by atoms with E-state index in [1.54, 1.807) is 18.2 Å². The molecule has 0 saturated carbocycles. The smallest absolute Gasteiger partial charge is 0.243 e. The van der Waals surface area contributed by atoms with Gasteiger partial charge in [-0.1, -0.05) is 6.07 Å². The van der Waals surface area contributed by atoms with Crippen LogP contribution < -0.4 is 11.1 Å². The number of piperazine rings is 1. The van der Waals surface area contributed by atoms with E-state index < -0.39 is 10.0 Å². The zero-order chi connectivity index (χ0) is 16.9. The van der Waals surface area contributed by atoms with Crippen LogP contribution in [0.1, 0.15) is 12.8 Å². The summed E-state index contributed by atoms with van der Waals surface area (Å²) < 4.78 is 26.9. The molecule has 1 fully saturated rings. The van der Waals surface area contributed by atoms with Gasteiger partial charge in [0.05, 0.1) is 4.90 Å². The molecule has 0 radical (unpaired) electrons. The normalized spacial score (nSPS) is 17.1. The molecule has 1 saturated heterocycles. The Hall–Kier alpha value is -1.48. The van der Waals surface area contributed by atoms with Crippen molar-refractivity contribution in [3.05, 3.63) is 24.3 Å². The predicted octanol–water partition coefficient (Wildman–Crippen LogP) is 0.300. The Bertz CT molecular complexity index is 640. The molecule has 1 aliphatic rings. The van der Waals surface area contributed by atoms with E-state index in [1.165, 1.54) is 10.4 Å². The molecule has 7 nitrogen and oxygen atoms in total. The standard InChI is InChI=1S/C15H24N4O3S/c1-18-8-10-19(11-9-18)23(21,22)14-5-2-4-13(12-14)17-15(20)6-3-7-16/h2,4-5,12H,3,6-11,16H2,1H3,(H,17,20). The summed E-state index contributed by atoms with van der Waals surface area (Å²) in [4.78, 5) is 14.0. The summed E-state index contributed by atoms with van der Waals surface area (Å²) in [6.07, 6.45) is 0.928. The Morgan fingerprint density at radius 1 is 1.26 bits per heavy atom. The summed E-state index contributed by atoms with van der Waals surface area (Å²) in [5.41, 5.74) is 5.86. The largest absolute Gasteiger partial charge is 0.330 e. The van der Waals surface area contributed by atoms with E-state index in [1.807, 2.05) is 7.05 Å². The van der Waals surface area contributed by atoms with Gasteiger partial charge in [-0.05, 0) is 38.2 Å². The van der Waals surface area contributed by atoms with Gasteiger partial charge < -0.3 is 16.0 Å². The molecule has 1 heterocycles. The second kappa shape index (κ2) is 7.87. The van der Waals surface area contributed by atoms with Crippen molar-refractivity contribution in [3.8, 4) is 0 Å². The fourth-order valence-electron chi connectivity index (χ4n) is 2.40. The van der Waals surface area contributed by atoms with Gasteiger partial charge in [-0.25, -0.2) is 8.42 Å². The topological polar surface area (TPSA) is 95.7 Å². The van der Waals surface area contributed by atoms with Crippen LogP contribution in [0, 0.1) is 0 Å². The quantitative estimate of drug-likeness (QED) is 0.776. The van der Waals surface area contributed by atoms with Crippen LogP contribution in [-0.4, -0.2) is 63.3 Å². The first-order chi connectivity index (χ1) is 10.9. The Morgan fingerprint density at radius 3 is 2.61 bits per heavy atom. The molecule has 0 unspecified atom stereocenters. The number of hydrogen-bond acceptors (Lipinski definition) is 5. The number of sulfonamides is 1. The molecule has 8 heteroatoms. The van der Waals surface area contributed by atoms with Crippen LogP contribution in [-0.2, 0) is 14.8 Å². The van der Waals surface area contributed by atoms with Crippen LogP contribution in [0.3, 0.4) is 0 Å². The minimum atomic E-state index is -3.53. The Kier molecular flexibility index (Phi) is 6.11. The highest BCUT2D eigenvalue weighted by atomic mass is 32.2. The lowest BCUT2D eigenvalue weighted by Gasteiger charge is -2.31. The van der Waals surface area contributed by atoms with Gasteiger partial charge in [0.25, 0.3) is 0 Å². The van der Waals surface area contributed by atoms with Crippen molar-refractivity contribution in [2.75, 3.05) is 45.1 Å². The van der Waals surface area contributed by atoms with Crippen molar-refractivity contribution in [2.24, 2.45) is 5.73 Å². The van der Waals surface area contributed by atoms with Gasteiger partial charge in [-0.15, -0.1) is 0 Å². The van der Waals surface area contributed by atoms with Gasteiger partial charge in [0, 0.05) is 38.3 Å². The van der Waals surface area contributed by atoms with Crippen molar-refractivity contribution in [3.63, 3.8) is 0 Å². The van der Waals surface area contributed by atoms with Crippen LogP contribution >= 0.6 is 0 Å². The monoisotopic (exact) mass is 340 g/mol. The molecule has 0 aliphatic carbocycles. The number of nitrogens with zero attached hydrogens (tertiary/aromatic N) is 2. The van der Waals surface area contributed by atoms with Gasteiger partial charge in [0.15, 0.2) is 0 Å². The molecule has 1 amide bonds. The van der Waals surface area contributed by atoms with Crippen molar-refractivity contribution < 1.29 is 13.2 Å². The van der Waals surface area contributed by atoms with E-state index in [-0.39, 0.29) is 10.8 Å². The number of carbonyl (C=O) groups is 1. The second-order valence-corrected chi connectivity index (χ2v) is 7.61. The molecule has 0 aromatic heterocycles. The van der Waals surface area contributed by atoms with Crippen molar-refractivity contribution in [1.29, 1.82) is 0 Å². The first-order valence-corrected chi connectivity index (χ1v) is 9.16. The lowest BCUT2D eigenvalue weighted by molar-refractivity contribution is -0.116. The first-order valence-electron chi connectivity index (χ1n) is 7.72. The summed E-state index contributed by atoms with van der Waals surface area (Å²) in [7, 11) is -1.55. The number of hydrogen-bond donors (Lipinski definition) is 2. The molecule has 0 bridgehead atoms. The number of nitrogens with one attached hydrogen (secondary N) is 1. The molecule has 3 N–H and O–H groups in total. The SMILES string of the molecule is CN1CCN(S(=O)(=O)c2cccc(NC(=O)CCCN)c2)CC1. The van der Waals surface area contributed by atoms with Crippen molar-refractivity contribution in [1.82, 2.24) is 9.21 Å². The Balaban J connectivity index is 2.10. The van der Waals surface area contributed by atoms with Crippen LogP contribution in [0.25, 0.3) is 0 Å². The summed E-state index contributed by atoms with van der Waals surface area (Å²) >= 11 is 0. The lowest BCUT2D eigenvalue weighted by atomic mass is 10.2. The third-order valence-corrected chi connectivity index (χ3v) is 5.72. The highest BCUT2D eigenvalue weighted by Crippen LogP contribution is 2.21. The summed E-state index contributed by atoms with van der Waals surface area (Å²) in [5.74, 6) is -0.162. The van der Waals surface area contributed by atoms with E-state index in [0.29, 0.717) is 38.2 Å². The summed E-state index contributed by atoms with van der Waals surface area (Å²) in [6.45, 7) is 2.84. The van der Waals surface area contributed by atoms with Crippen LogP contribution in [0.4, 0.5) is 5.69 Å². The van der Waals surface area contributed by atoms with E-state index in [0.717, 1.165) is 13.1 Å². The van der Waals surface area contributed by atoms with Gasteiger partial charge in [0.2, 0.25) is 15.9 Å². The molecule has 1 aromatic rings. The molecule has 1 aromatic carbocycles. The van der Waals surface area contributed by atoms with Crippen molar-refractivity contribution >= 4 is 21.6 Å². The third-order valence-electron chi connectivity index (χ3n) is 3.83. The van der Waals surface area contributed by atoms with E-state index in [4.69, 9.17) is 5.73 Å². The van der Waals surface area contributed by atoms with Crippen LogP contribution in [0.15, 0.2) is 29.2 Å². The number of amides is 1. The van der Waals surface area contributed by atoms with E-state index in [9.17, 15) is 13.2 Å². The number of anilines is 1. The number of benzene rings is 1. The highest BCUT2D eigenvalue weighted by molar-refractivity contribution is 7.89. The fraction of sp³-hybridized carbons (Fsp3) is 0.533. The first kappa shape index (κ1) is 17.9. The number of likely N-dealkylation sites (N-methyl/N-ethyl adjacent to an activating group) is 1. The van der Waals surface area contributed by atoms with Gasteiger partial charge in [-0.3, -0.25) is 4.79 Å². The van der Waals surface area contributed by atoms with Gasteiger partial charge in [-0.2, -0.15) is 4.31 Å². The molecule has 0 spiro atoms. The predicted molar refractivity (Wildman–Crippen MR) is 89.6 cm³/mol. The molecular formula is C15H24N4O3S. The van der Waals surface area contributed by atoms with Crippen LogP contribution in [0.2, 0.25) is 0 Å². The Morgan fingerprint density at radius 2 is 1.96 bits per heavy atom. The van der Waals surface area contributed by atoms with Gasteiger partial charge in [0.1, 0.15) is 0 Å². The summed E-state index contributed by atoms with van der Waals surface area (Å²) in [6, 6.07) is 6.39. The maximum atomic E-state index is 12.7. The molecule has 0 atom stereocenters. The Labute approximate surface area is 137 Å². The molecule has 1 aliphatic heterocycles. The van der Waals surface area contributed by atoms with Crippen LogP contribution in [0.5, 0.6) is 0 Å². The molecule has 128 valence electrons. The maximum absolute atomic E-state index is 12.7. The van der Waals surface area contributed by atoms with Gasteiger partial charge >= 0.3 is 0 Å². The fourth-order valence-corrected chi connectivity index (χ4v) is 3.87. The lowest BCUT2D eigenvalue weighted by Crippen LogP contribution is -2.47. The minimum Gasteiger partial charge on any atom is -0.330 e. The zero-order valence-corrected chi connectivity index (χ0v) is 14.2. The minimum absolute atomic E-state index is 0.162. The maximum Gasteiger partial charge on any atom is 0.243 e.